The number of allylic oxidation sites excluding steroid dienone is 2. The van der Waals surface area contributed by atoms with Gasteiger partial charge in [-0.25, -0.2) is 0 Å². The number of nitrogens with zero attached hydrogens (tertiary/aromatic N) is 5. The number of aromatic nitrogens is 2. The van der Waals surface area contributed by atoms with Gasteiger partial charge in [-0.05, 0) is 12.1 Å². The van der Waals surface area contributed by atoms with Crippen LogP contribution in [0.2, 0.25) is 0 Å². The van der Waals surface area contributed by atoms with Crippen molar-refractivity contribution in [1.29, 1.82) is 5.26 Å². The van der Waals surface area contributed by atoms with E-state index < -0.39 is 5.56 Å². The molecule has 9 heteroatoms. The van der Waals surface area contributed by atoms with Gasteiger partial charge in [-0.15, -0.1) is 0 Å². The van der Waals surface area contributed by atoms with Gasteiger partial charge in [0.25, 0.3) is 11.5 Å². The average Bonchev–Trinajstić information content (AvgIpc) is 2.93. The van der Waals surface area contributed by atoms with E-state index in [9.17, 15) is 19.6 Å². The highest BCUT2D eigenvalue weighted by Crippen LogP contribution is 2.29. The number of carbonyl (C=O) groups excluding carboxylic acids is 2. The lowest BCUT2D eigenvalue weighted by Crippen LogP contribution is -2.50. The third kappa shape index (κ3) is 4.61. The Morgan fingerprint density at radius 1 is 1.17 bits per heavy atom. The van der Waals surface area contributed by atoms with Crippen LogP contribution in [0.15, 0.2) is 78.1 Å². The van der Waals surface area contributed by atoms with Crippen molar-refractivity contribution in [2.24, 2.45) is 0 Å². The molecule has 36 heavy (non-hydrogen) atoms. The second-order valence-electron chi connectivity index (χ2n) is 8.16. The Balaban J connectivity index is 1.70. The summed E-state index contributed by atoms with van der Waals surface area (Å²) in [6, 6.07) is 12.4. The maximum atomic E-state index is 13.5. The zero-order chi connectivity index (χ0) is 25.7. The molecule has 0 spiro atoms. The van der Waals surface area contributed by atoms with E-state index in [1.54, 1.807) is 47.6 Å². The predicted molar refractivity (Wildman–Crippen MR) is 136 cm³/mol. The minimum Gasteiger partial charge on any atom is -0.491 e. The fourth-order valence-electron chi connectivity index (χ4n) is 4.35. The fraction of sp³-hybridized carbons (Fsp3) is 0.222. The van der Waals surface area contributed by atoms with Crippen LogP contribution in [0.5, 0.6) is 0 Å². The molecule has 1 aliphatic rings. The lowest BCUT2D eigenvalue weighted by Gasteiger charge is -2.37. The van der Waals surface area contributed by atoms with Crippen LogP contribution in [-0.2, 0) is 16.1 Å². The number of nitriles is 1. The molecular formula is C27H25N5O4. The van der Waals surface area contributed by atoms with Crippen LogP contribution in [0.3, 0.4) is 0 Å². The maximum Gasteiger partial charge on any atom is 0.289 e. The first-order valence-corrected chi connectivity index (χ1v) is 11.4. The molecule has 3 heterocycles. The predicted octanol–water partition coefficient (Wildman–Crippen LogP) is 2.52. The molecule has 4 rings (SSSR count). The number of ether oxygens (including phenoxy) is 1. The number of benzene rings is 1. The number of fused-ring (bicyclic) bond motifs is 1. The molecule has 2 aromatic heterocycles. The van der Waals surface area contributed by atoms with E-state index in [0.717, 1.165) is 0 Å². The van der Waals surface area contributed by atoms with Gasteiger partial charge in [0.1, 0.15) is 11.6 Å². The van der Waals surface area contributed by atoms with Gasteiger partial charge in [-0.2, -0.15) is 5.26 Å². The smallest absolute Gasteiger partial charge is 0.289 e. The Hall–Kier alpha value is -4.71. The summed E-state index contributed by atoms with van der Waals surface area (Å²) in [5, 5.41) is 10.6. The topological polar surface area (TPSA) is 109 Å². The minimum atomic E-state index is -0.537. The van der Waals surface area contributed by atoms with Gasteiger partial charge in [-0.1, -0.05) is 43.0 Å². The second-order valence-corrected chi connectivity index (χ2v) is 8.16. The van der Waals surface area contributed by atoms with E-state index in [1.165, 1.54) is 23.8 Å². The van der Waals surface area contributed by atoms with Crippen LogP contribution < -0.4 is 10.5 Å². The summed E-state index contributed by atoms with van der Waals surface area (Å²) in [7, 11) is 1.43. The Morgan fingerprint density at radius 3 is 2.53 bits per heavy atom. The summed E-state index contributed by atoms with van der Waals surface area (Å²) in [4.78, 5) is 46.9. The average molecular weight is 484 g/mol. The Bertz CT molecular complexity index is 1440. The van der Waals surface area contributed by atoms with Crippen LogP contribution in [0, 0.1) is 11.3 Å². The first-order valence-electron chi connectivity index (χ1n) is 11.4. The van der Waals surface area contributed by atoms with Crippen molar-refractivity contribution in [3.63, 3.8) is 0 Å². The number of hydrogen-bond donors (Lipinski definition) is 0. The highest BCUT2D eigenvalue weighted by atomic mass is 16.5. The molecule has 0 N–H and O–H groups in total. The van der Waals surface area contributed by atoms with Crippen LogP contribution in [0.4, 0.5) is 5.69 Å². The van der Waals surface area contributed by atoms with Crippen molar-refractivity contribution in [2.75, 3.05) is 38.2 Å². The van der Waals surface area contributed by atoms with E-state index in [0.29, 0.717) is 48.3 Å². The summed E-state index contributed by atoms with van der Waals surface area (Å²) in [5.74, 6) is -0.295. The van der Waals surface area contributed by atoms with Gasteiger partial charge < -0.3 is 14.5 Å². The van der Waals surface area contributed by atoms with E-state index in [4.69, 9.17) is 4.74 Å². The van der Waals surface area contributed by atoms with Gasteiger partial charge >= 0.3 is 0 Å². The first-order chi connectivity index (χ1) is 17.5. The van der Waals surface area contributed by atoms with E-state index in [1.807, 2.05) is 17.0 Å². The molecule has 0 saturated carbocycles. The van der Waals surface area contributed by atoms with Crippen molar-refractivity contribution in [3.8, 4) is 6.07 Å². The van der Waals surface area contributed by atoms with Crippen molar-refractivity contribution in [2.45, 2.75) is 6.54 Å². The second kappa shape index (κ2) is 10.7. The van der Waals surface area contributed by atoms with Crippen molar-refractivity contribution in [1.82, 2.24) is 14.5 Å². The third-order valence-corrected chi connectivity index (χ3v) is 6.13. The van der Waals surface area contributed by atoms with Crippen molar-refractivity contribution < 1.29 is 14.3 Å². The summed E-state index contributed by atoms with van der Waals surface area (Å²) >= 11 is 0. The molecule has 1 aliphatic heterocycles. The van der Waals surface area contributed by atoms with Gasteiger partial charge in [-0.3, -0.25) is 23.9 Å². The molecule has 0 aliphatic carbocycles. The molecule has 1 aromatic carbocycles. The lowest BCUT2D eigenvalue weighted by molar-refractivity contribution is -0.130. The van der Waals surface area contributed by atoms with Crippen molar-refractivity contribution in [3.05, 3.63) is 94.8 Å². The van der Waals surface area contributed by atoms with Gasteiger partial charge in [0.15, 0.2) is 11.5 Å². The Kier molecular flexibility index (Phi) is 7.25. The van der Waals surface area contributed by atoms with Crippen LogP contribution in [0.25, 0.3) is 10.9 Å². The summed E-state index contributed by atoms with van der Waals surface area (Å²) < 4.78 is 6.50. The van der Waals surface area contributed by atoms with E-state index >= 15 is 0 Å². The van der Waals surface area contributed by atoms with Crippen molar-refractivity contribution >= 4 is 28.3 Å². The number of hydrogen-bond acceptors (Lipinski definition) is 7. The number of amides is 1. The zero-order valence-electron chi connectivity index (χ0n) is 19.9. The fourth-order valence-corrected chi connectivity index (χ4v) is 4.35. The number of Topliss-reactive ketones (excluding diaryl/α,β-unsaturated/α-hetero) is 1. The largest absolute Gasteiger partial charge is 0.491 e. The van der Waals surface area contributed by atoms with E-state index in [-0.39, 0.29) is 29.6 Å². The molecule has 0 atom stereocenters. The molecule has 182 valence electrons. The van der Waals surface area contributed by atoms with Crippen LogP contribution >= 0.6 is 0 Å². The number of ketones is 1. The number of rotatable bonds is 7. The Morgan fingerprint density at radius 2 is 1.89 bits per heavy atom. The summed E-state index contributed by atoms with van der Waals surface area (Å²) in [6.45, 7) is 4.96. The minimum absolute atomic E-state index is 0.0553. The first kappa shape index (κ1) is 24.4. The monoisotopic (exact) mass is 483 g/mol. The van der Waals surface area contributed by atoms with Gasteiger partial charge in [0.05, 0.1) is 24.9 Å². The highest BCUT2D eigenvalue weighted by Gasteiger charge is 2.28. The normalized spacial score (nSPS) is 13.8. The SMILES string of the molecule is C=C/C=C(\OC)C(=O)N1CCN(c2c(C#N)c(=O)n(CC(=O)c3ccccc3)c3ccncc23)CC1. The number of pyridine rings is 2. The molecular weight excluding hydrogens is 458 g/mol. The molecule has 1 saturated heterocycles. The molecule has 0 bridgehead atoms. The molecule has 0 radical (unpaired) electrons. The lowest BCUT2D eigenvalue weighted by atomic mass is 10.1. The Labute approximate surface area is 208 Å². The zero-order valence-corrected chi connectivity index (χ0v) is 19.9. The maximum absolute atomic E-state index is 13.5. The molecule has 1 fully saturated rings. The summed E-state index contributed by atoms with van der Waals surface area (Å²) in [5.41, 5.74) is 0.873. The molecule has 0 unspecified atom stereocenters. The number of anilines is 1. The highest BCUT2D eigenvalue weighted by molar-refractivity contribution is 5.99. The molecule has 3 aromatic rings. The molecule has 1 amide bonds. The number of piperazine rings is 1. The third-order valence-electron chi connectivity index (χ3n) is 6.13. The van der Waals surface area contributed by atoms with Crippen LogP contribution in [-0.4, -0.2) is 59.4 Å². The van der Waals surface area contributed by atoms with Gasteiger partial charge in [0, 0.05) is 49.5 Å². The number of carbonyl (C=O) groups is 2. The quantitative estimate of drug-likeness (QED) is 0.220. The van der Waals surface area contributed by atoms with Crippen LogP contribution in [0.1, 0.15) is 15.9 Å². The van der Waals surface area contributed by atoms with Gasteiger partial charge in [0.2, 0.25) is 0 Å². The standard InChI is InChI=1S/C27H25N5O4/c1-3-7-24(36-2)27(35)31-14-12-30(13-15-31)25-20(16-28)26(34)32(22-10-11-29-17-21(22)25)18-23(33)19-8-5-4-6-9-19/h3-11,17H,1,12-15,18H2,2H3/b24-7-. The summed E-state index contributed by atoms with van der Waals surface area (Å²) in [6.07, 6.45) is 6.15. The van der Waals surface area contributed by atoms with E-state index in [2.05, 4.69) is 11.6 Å². The molecule has 9 nitrogen and oxygen atoms in total. The number of methoxy groups -OCH3 is 1.